The molecule has 4 rings (SSSR count). The zero-order valence-electron chi connectivity index (χ0n) is 15.8. The number of aromatic nitrogens is 4. The first-order chi connectivity index (χ1) is 13.6. The van der Waals surface area contributed by atoms with Crippen LogP contribution in [-0.2, 0) is 13.1 Å². The van der Waals surface area contributed by atoms with Crippen LogP contribution in [-0.4, -0.2) is 50.5 Å². The monoisotopic (exact) mass is 394 g/mol. The van der Waals surface area contributed by atoms with Crippen LogP contribution in [0, 0.1) is 0 Å². The average molecular weight is 395 g/mol. The van der Waals surface area contributed by atoms with Gasteiger partial charge in [-0.15, -0.1) is 11.3 Å². The third-order valence-corrected chi connectivity index (χ3v) is 5.12. The van der Waals surface area contributed by atoms with Crippen LogP contribution >= 0.6 is 11.3 Å². The Kier molecular flexibility index (Phi) is 5.34. The Balaban J connectivity index is 1.81. The molecule has 144 valence electrons. The summed E-state index contributed by atoms with van der Waals surface area (Å²) in [5, 5.41) is 19.9. The number of hydrogen-bond acceptors (Lipinski definition) is 7. The molecule has 7 nitrogen and oxygen atoms in total. The van der Waals surface area contributed by atoms with Crippen molar-refractivity contribution >= 4 is 33.1 Å². The van der Waals surface area contributed by atoms with Crippen molar-refractivity contribution in [2.45, 2.75) is 13.1 Å². The maximum absolute atomic E-state index is 9.11. The van der Waals surface area contributed by atoms with Crippen molar-refractivity contribution in [3.05, 3.63) is 53.9 Å². The highest BCUT2D eigenvalue weighted by Crippen LogP contribution is 2.37. The van der Waals surface area contributed by atoms with Gasteiger partial charge in [0.1, 0.15) is 16.5 Å². The smallest absolute Gasteiger partial charge is 0.146 e. The third-order valence-electron chi connectivity index (χ3n) is 4.25. The molecule has 0 radical (unpaired) electrons. The van der Waals surface area contributed by atoms with Crippen LogP contribution in [0.25, 0.3) is 21.3 Å². The van der Waals surface area contributed by atoms with Gasteiger partial charge < -0.3 is 15.3 Å². The number of fused-ring (bicyclic) bond motifs is 1. The molecule has 2 N–H and O–H groups in total. The van der Waals surface area contributed by atoms with E-state index in [4.69, 9.17) is 15.1 Å². The molecule has 0 aliphatic carbocycles. The van der Waals surface area contributed by atoms with Crippen LogP contribution in [0.3, 0.4) is 0 Å². The van der Waals surface area contributed by atoms with Gasteiger partial charge in [0.15, 0.2) is 0 Å². The lowest BCUT2D eigenvalue weighted by atomic mass is 10.1. The molecule has 0 saturated heterocycles. The Morgan fingerprint density at radius 1 is 1.18 bits per heavy atom. The quantitative estimate of drug-likeness (QED) is 0.500. The van der Waals surface area contributed by atoms with E-state index in [9.17, 15) is 0 Å². The van der Waals surface area contributed by atoms with Gasteiger partial charge in [0, 0.05) is 17.1 Å². The molecule has 28 heavy (non-hydrogen) atoms. The molecule has 0 fully saturated rings. The van der Waals surface area contributed by atoms with Crippen molar-refractivity contribution in [2.24, 2.45) is 0 Å². The van der Waals surface area contributed by atoms with Crippen molar-refractivity contribution in [2.75, 3.05) is 26.0 Å². The van der Waals surface area contributed by atoms with Crippen molar-refractivity contribution in [3.63, 3.8) is 0 Å². The summed E-state index contributed by atoms with van der Waals surface area (Å²) in [5.41, 5.74) is 3.08. The lowest BCUT2D eigenvalue weighted by molar-refractivity contribution is 0.269. The Labute approximate surface area is 167 Å². The first-order valence-corrected chi connectivity index (χ1v) is 9.90. The minimum absolute atomic E-state index is 0.0501. The summed E-state index contributed by atoms with van der Waals surface area (Å²) in [5.74, 6) is 1.54. The molecule has 3 aromatic heterocycles. The third kappa shape index (κ3) is 3.89. The van der Waals surface area contributed by atoms with Gasteiger partial charge in [-0.2, -0.15) is 5.10 Å². The van der Waals surface area contributed by atoms with Gasteiger partial charge in [-0.1, -0.05) is 30.3 Å². The van der Waals surface area contributed by atoms with E-state index in [1.807, 2.05) is 38.5 Å². The number of hydrogen-bond donors (Lipinski definition) is 2. The Bertz CT molecular complexity index is 1070. The summed E-state index contributed by atoms with van der Waals surface area (Å²) in [7, 11) is 4.01. The molecule has 0 amide bonds. The number of thiophene rings is 1. The lowest BCUT2D eigenvalue weighted by Gasteiger charge is -2.12. The summed E-state index contributed by atoms with van der Waals surface area (Å²) in [6.07, 6.45) is 3.61. The van der Waals surface area contributed by atoms with E-state index >= 15 is 0 Å². The number of aliphatic hydroxyl groups is 1. The summed E-state index contributed by atoms with van der Waals surface area (Å²) in [6.45, 7) is 1.17. The molecule has 3 heterocycles. The maximum Gasteiger partial charge on any atom is 0.146 e. The first kappa shape index (κ1) is 18.5. The van der Waals surface area contributed by atoms with Gasteiger partial charge in [0.2, 0.25) is 0 Å². The van der Waals surface area contributed by atoms with E-state index in [2.05, 4.69) is 32.8 Å². The van der Waals surface area contributed by atoms with Crippen LogP contribution in [0.5, 0.6) is 0 Å². The minimum Gasteiger partial charge on any atom is -0.394 e. The zero-order valence-corrected chi connectivity index (χ0v) is 16.6. The number of benzene rings is 1. The number of nitrogens with zero attached hydrogens (tertiary/aromatic N) is 5. The molecule has 4 aromatic rings. The van der Waals surface area contributed by atoms with Gasteiger partial charge in [-0.25, -0.2) is 9.97 Å². The number of nitrogens with one attached hydrogen (secondary N) is 1. The van der Waals surface area contributed by atoms with Crippen molar-refractivity contribution in [1.29, 1.82) is 0 Å². The highest BCUT2D eigenvalue weighted by Gasteiger charge is 2.16. The topological polar surface area (TPSA) is 79.1 Å². The number of rotatable bonds is 7. The van der Waals surface area contributed by atoms with Gasteiger partial charge in [-0.3, -0.25) is 4.68 Å². The summed E-state index contributed by atoms with van der Waals surface area (Å²) < 4.78 is 1.70. The fourth-order valence-corrected chi connectivity index (χ4v) is 4.02. The molecule has 0 bridgehead atoms. The summed E-state index contributed by atoms with van der Waals surface area (Å²) in [4.78, 5) is 12.6. The average Bonchev–Trinajstić information content (AvgIpc) is 3.29. The Morgan fingerprint density at radius 2 is 2.00 bits per heavy atom. The molecule has 0 unspecified atom stereocenters. The van der Waals surface area contributed by atoms with E-state index in [0.717, 1.165) is 38.7 Å². The van der Waals surface area contributed by atoms with Gasteiger partial charge in [0.25, 0.3) is 0 Å². The normalized spacial score (nSPS) is 11.4. The summed E-state index contributed by atoms with van der Waals surface area (Å²) >= 11 is 1.62. The van der Waals surface area contributed by atoms with Gasteiger partial charge in [-0.05, 0) is 19.7 Å². The molecule has 1 aromatic carbocycles. The molecular weight excluding hydrogens is 372 g/mol. The van der Waals surface area contributed by atoms with Crippen LogP contribution < -0.4 is 5.32 Å². The van der Waals surface area contributed by atoms with E-state index in [1.165, 1.54) is 0 Å². The van der Waals surface area contributed by atoms with Gasteiger partial charge >= 0.3 is 0 Å². The molecule has 8 heteroatoms. The van der Waals surface area contributed by atoms with Crippen molar-refractivity contribution in [3.8, 4) is 11.1 Å². The number of aliphatic hydroxyl groups excluding tert-OH is 1. The standard InChI is InChI=1S/C20H22N6OS/c1-25(2)12-17-23-19(22-15-10-21-26(11-15)8-9-27)18-16(13-28-20(18)24-17)14-6-4-3-5-7-14/h3-7,10-11,13,27H,8-9,12H2,1-2H3,(H,22,23,24). The zero-order chi connectivity index (χ0) is 19.5. The van der Waals surface area contributed by atoms with Crippen LogP contribution in [0.1, 0.15) is 5.82 Å². The fourth-order valence-electron chi connectivity index (χ4n) is 3.05. The Hall–Kier alpha value is -2.81. The second-order valence-electron chi connectivity index (χ2n) is 6.76. The minimum atomic E-state index is 0.0501. The second kappa shape index (κ2) is 8.05. The van der Waals surface area contributed by atoms with E-state index in [-0.39, 0.29) is 6.61 Å². The van der Waals surface area contributed by atoms with E-state index in [0.29, 0.717) is 13.1 Å². The van der Waals surface area contributed by atoms with E-state index < -0.39 is 0 Å². The number of anilines is 2. The van der Waals surface area contributed by atoms with Crippen LogP contribution in [0.15, 0.2) is 48.1 Å². The van der Waals surface area contributed by atoms with E-state index in [1.54, 1.807) is 22.2 Å². The van der Waals surface area contributed by atoms with Gasteiger partial charge in [0.05, 0.1) is 37.0 Å². The predicted octanol–water partition coefficient (Wildman–Crippen LogP) is 3.35. The molecule has 0 saturated carbocycles. The largest absolute Gasteiger partial charge is 0.394 e. The van der Waals surface area contributed by atoms with Crippen molar-refractivity contribution in [1.82, 2.24) is 24.6 Å². The predicted molar refractivity (Wildman–Crippen MR) is 113 cm³/mol. The molecular formula is C20H22N6OS. The SMILES string of the molecule is CN(C)Cc1nc(Nc2cnn(CCO)c2)c2c(-c3ccccc3)csc2n1. The first-order valence-electron chi connectivity index (χ1n) is 9.02. The second-order valence-corrected chi connectivity index (χ2v) is 7.62. The molecule has 0 aliphatic rings. The maximum atomic E-state index is 9.11. The van der Waals surface area contributed by atoms with Crippen LogP contribution in [0.2, 0.25) is 0 Å². The summed E-state index contributed by atoms with van der Waals surface area (Å²) in [6, 6.07) is 10.3. The molecule has 0 atom stereocenters. The Morgan fingerprint density at radius 3 is 2.75 bits per heavy atom. The lowest BCUT2D eigenvalue weighted by Crippen LogP contribution is -2.14. The highest BCUT2D eigenvalue weighted by atomic mass is 32.1. The highest BCUT2D eigenvalue weighted by molar-refractivity contribution is 7.17. The van der Waals surface area contributed by atoms with Crippen molar-refractivity contribution < 1.29 is 5.11 Å². The molecule has 0 aliphatic heterocycles. The molecule has 0 spiro atoms. The fraction of sp³-hybridized carbons (Fsp3) is 0.250. The van der Waals surface area contributed by atoms with Crippen LogP contribution in [0.4, 0.5) is 11.5 Å².